The standard InChI is InChI=1S/C16H23NO4/c1-3-13(21-14-9-5-4-8-12(14)2)16(20)17-11-7-6-10-15(18)19/h4-5,8-9,13H,3,6-7,10-11H2,1-2H3,(H,17,20)(H,18,19). The summed E-state index contributed by atoms with van der Waals surface area (Å²) in [6.45, 7) is 4.30. The van der Waals surface area contributed by atoms with Crippen LogP contribution in [0.15, 0.2) is 24.3 Å². The van der Waals surface area contributed by atoms with E-state index in [2.05, 4.69) is 5.32 Å². The highest BCUT2D eigenvalue weighted by Gasteiger charge is 2.18. The highest BCUT2D eigenvalue weighted by atomic mass is 16.5. The number of ether oxygens (including phenoxy) is 1. The first-order valence-electron chi connectivity index (χ1n) is 7.26. The fraction of sp³-hybridized carbons (Fsp3) is 0.500. The maximum Gasteiger partial charge on any atom is 0.303 e. The van der Waals surface area contributed by atoms with Crippen LogP contribution in [0.3, 0.4) is 0 Å². The first kappa shape index (κ1) is 17.0. The highest BCUT2D eigenvalue weighted by Crippen LogP contribution is 2.18. The van der Waals surface area contributed by atoms with E-state index in [1.807, 2.05) is 38.1 Å². The van der Waals surface area contributed by atoms with Gasteiger partial charge in [-0.1, -0.05) is 25.1 Å². The number of nitrogens with one attached hydrogen (secondary N) is 1. The molecule has 0 saturated heterocycles. The van der Waals surface area contributed by atoms with Gasteiger partial charge in [-0.3, -0.25) is 9.59 Å². The molecule has 1 amide bonds. The minimum absolute atomic E-state index is 0.132. The molecule has 1 unspecified atom stereocenters. The minimum atomic E-state index is -0.810. The van der Waals surface area contributed by atoms with E-state index in [9.17, 15) is 9.59 Å². The molecule has 0 bridgehead atoms. The van der Waals surface area contributed by atoms with Crippen LogP contribution in [0.2, 0.25) is 0 Å². The molecule has 0 aliphatic carbocycles. The van der Waals surface area contributed by atoms with Crippen LogP contribution in [0, 0.1) is 6.92 Å². The van der Waals surface area contributed by atoms with E-state index in [4.69, 9.17) is 9.84 Å². The Bertz CT molecular complexity index is 473. The van der Waals surface area contributed by atoms with E-state index in [-0.39, 0.29) is 12.3 Å². The number of carboxylic acids is 1. The first-order chi connectivity index (χ1) is 10.0. The third-order valence-corrected chi connectivity index (χ3v) is 3.14. The van der Waals surface area contributed by atoms with Crippen molar-refractivity contribution in [1.29, 1.82) is 0 Å². The third-order valence-electron chi connectivity index (χ3n) is 3.14. The monoisotopic (exact) mass is 293 g/mol. The van der Waals surface area contributed by atoms with Gasteiger partial charge in [-0.05, 0) is 37.8 Å². The molecule has 1 aromatic carbocycles. The number of unbranched alkanes of at least 4 members (excludes halogenated alkanes) is 1. The van der Waals surface area contributed by atoms with Crippen molar-refractivity contribution in [2.75, 3.05) is 6.54 Å². The van der Waals surface area contributed by atoms with Crippen LogP contribution in [-0.4, -0.2) is 29.6 Å². The fourth-order valence-corrected chi connectivity index (χ4v) is 1.89. The van der Waals surface area contributed by atoms with E-state index < -0.39 is 12.1 Å². The maximum atomic E-state index is 12.0. The molecule has 0 aliphatic heterocycles. The number of hydrogen-bond donors (Lipinski definition) is 2. The number of rotatable bonds is 9. The normalized spacial score (nSPS) is 11.7. The van der Waals surface area contributed by atoms with Gasteiger partial charge in [0.15, 0.2) is 6.10 Å². The van der Waals surface area contributed by atoms with E-state index in [1.54, 1.807) is 0 Å². The lowest BCUT2D eigenvalue weighted by molar-refractivity contribution is -0.137. The molecule has 5 nitrogen and oxygen atoms in total. The molecule has 0 radical (unpaired) electrons. The van der Waals surface area contributed by atoms with E-state index in [0.717, 1.165) is 5.56 Å². The molecule has 0 fully saturated rings. The van der Waals surface area contributed by atoms with Crippen LogP contribution in [-0.2, 0) is 9.59 Å². The van der Waals surface area contributed by atoms with Crippen molar-refractivity contribution in [3.05, 3.63) is 29.8 Å². The van der Waals surface area contributed by atoms with Crippen molar-refractivity contribution in [2.24, 2.45) is 0 Å². The van der Waals surface area contributed by atoms with Crippen molar-refractivity contribution >= 4 is 11.9 Å². The molecule has 0 aliphatic rings. The zero-order chi connectivity index (χ0) is 15.7. The molecule has 1 rings (SSSR count). The Balaban J connectivity index is 2.39. The van der Waals surface area contributed by atoms with Crippen LogP contribution < -0.4 is 10.1 Å². The van der Waals surface area contributed by atoms with Gasteiger partial charge in [-0.2, -0.15) is 0 Å². The molecule has 1 atom stereocenters. The van der Waals surface area contributed by atoms with Crippen LogP contribution in [0.5, 0.6) is 5.75 Å². The summed E-state index contributed by atoms with van der Waals surface area (Å²) in [5.74, 6) is -0.253. The number of para-hydroxylation sites is 1. The molecule has 0 saturated carbocycles. The van der Waals surface area contributed by atoms with Crippen LogP contribution in [0.4, 0.5) is 0 Å². The molecular formula is C16H23NO4. The molecule has 116 valence electrons. The lowest BCUT2D eigenvalue weighted by atomic mass is 10.2. The van der Waals surface area contributed by atoms with Gasteiger partial charge in [0.2, 0.25) is 0 Å². The number of amides is 1. The van der Waals surface area contributed by atoms with Gasteiger partial charge >= 0.3 is 5.97 Å². The third kappa shape index (κ3) is 6.29. The van der Waals surface area contributed by atoms with Crippen molar-refractivity contribution in [3.63, 3.8) is 0 Å². The van der Waals surface area contributed by atoms with E-state index in [0.29, 0.717) is 31.6 Å². The summed E-state index contributed by atoms with van der Waals surface area (Å²) in [4.78, 5) is 22.4. The summed E-state index contributed by atoms with van der Waals surface area (Å²) < 4.78 is 5.75. The quantitative estimate of drug-likeness (QED) is 0.686. The van der Waals surface area contributed by atoms with Gasteiger partial charge in [-0.25, -0.2) is 0 Å². The molecule has 0 heterocycles. The first-order valence-corrected chi connectivity index (χ1v) is 7.26. The summed E-state index contributed by atoms with van der Waals surface area (Å²) in [6, 6.07) is 7.58. The van der Waals surface area contributed by atoms with E-state index in [1.165, 1.54) is 0 Å². The average Bonchev–Trinajstić information content (AvgIpc) is 2.45. The molecule has 21 heavy (non-hydrogen) atoms. The molecule has 5 heteroatoms. The van der Waals surface area contributed by atoms with Crippen LogP contribution in [0.25, 0.3) is 0 Å². The van der Waals surface area contributed by atoms with Crippen LogP contribution >= 0.6 is 0 Å². The molecule has 1 aromatic rings. The Hall–Kier alpha value is -2.04. The van der Waals surface area contributed by atoms with Gasteiger partial charge in [0, 0.05) is 13.0 Å². The zero-order valence-corrected chi connectivity index (χ0v) is 12.6. The summed E-state index contributed by atoms with van der Waals surface area (Å²) in [6.07, 6.45) is 1.40. The van der Waals surface area contributed by atoms with Crippen molar-refractivity contribution in [1.82, 2.24) is 5.32 Å². The Morgan fingerprint density at radius 2 is 2.00 bits per heavy atom. The number of aryl methyl sites for hydroxylation is 1. The number of carboxylic acid groups (broad SMARTS) is 1. The minimum Gasteiger partial charge on any atom is -0.481 e. The Morgan fingerprint density at radius 3 is 2.62 bits per heavy atom. The maximum absolute atomic E-state index is 12.0. The zero-order valence-electron chi connectivity index (χ0n) is 12.6. The predicted molar refractivity (Wildman–Crippen MR) is 80.4 cm³/mol. The van der Waals surface area contributed by atoms with Crippen LogP contribution in [0.1, 0.15) is 38.2 Å². The lowest BCUT2D eigenvalue weighted by Crippen LogP contribution is -2.38. The van der Waals surface area contributed by atoms with Gasteiger partial charge in [0.1, 0.15) is 5.75 Å². The fourth-order valence-electron chi connectivity index (χ4n) is 1.89. The number of aliphatic carboxylic acids is 1. The second-order valence-electron chi connectivity index (χ2n) is 4.92. The number of hydrogen-bond acceptors (Lipinski definition) is 3. The summed E-state index contributed by atoms with van der Waals surface area (Å²) in [5.41, 5.74) is 0.991. The van der Waals surface area contributed by atoms with E-state index >= 15 is 0 Å². The second kappa shape index (κ2) is 9.00. The Labute approximate surface area is 125 Å². The average molecular weight is 293 g/mol. The van der Waals surface area contributed by atoms with Gasteiger partial charge in [-0.15, -0.1) is 0 Å². The summed E-state index contributed by atoms with van der Waals surface area (Å²) in [5, 5.41) is 11.3. The smallest absolute Gasteiger partial charge is 0.303 e. The number of carbonyl (C=O) groups excluding carboxylic acids is 1. The SMILES string of the molecule is CCC(Oc1ccccc1C)C(=O)NCCCCC(=O)O. The highest BCUT2D eigenvalue weighted by molar-refractivity contribution is 5.81. The summed E-state index contributed by atoms with van der Waals surface area (Å²) >= 11 is 0. The molecule has 0 aromatic heterocycles. The van der Waals surface area contributed by atoms with Gasteiger partial charge in [0.05, 0.1) is 0 Å². The van der Waals surface area contributed by atoms with Gasteiger partial charge < -0.3 is 15.2 Å². The van der Waals surface area contributed by atoms with Crippen molar-refractivity contribution in [2.45, 2.75) is 45.6 Å². The molecule has 0 spiro atoms. The second-order valence-corrected chi connectivity index (χ2v) is 4.92. The van der Waals surface area contributed by atoms with Crippen molar-refractivity contribution < 1.29 is 19.4 Å². The van der Waals surface area contributed by atoms with Gasteiger partial charge in [0.25, 0.3) is 5.91 Å². The summed E-state index contributed by atoms with van der Waals surface area (Å²) in [7, 11) is 0. The number of carbonyl (C=O) groups is 2. The lowest BCUT2D eigenvalue weighted by Gasteiger charge is -2.18. The Kier molecular flexibility index (Phi) is 7.29. The largest absolute Gasteiger partial charge is 0.481 e. The van der Waals surface area contributed by atoms with Crippen molar-refractivity contribution in [3.8, 4) is 5.75 Å². The number of benzene rings is 1. The molecule has 2 N–H and O–H groups in total. The molecular weight excluding hydrogens is 270 g/mol. The topological polar surface area (TPSA) is 75.6 Å². The Morgan fingerprint density at radius 1 is 1.29 bits per heavy atom. The predicted octanol–water partition coefficient (Wildman–Crippen LogP) is 2.52.